The van der Waals surface area contributed by atoms with E-state index in [0.717, 1.165) is 103 Å². The molecule has 2 aliphatic carbocycles. The largest absolute Gasteiger partial charge is 0.497 e. The fraction of sp³-hybridized carbons (Fsp3) is 0.500. The van der Waals surface area contributed by atoms with Crippen molar-refractivity contribution < 1.29 is 27.5 Å². The van der Waals surface area contributed by atoms with Gasteiger partial charge in [0.05, 0.1) is 60.3 Å². The van der Waals surface area contributed by atoms with Gasteiger partial charge in [0.15, 0.2) is 0 Å². The third kappa shape index (κ3) is 6.05. The van der Waals surface area contributed by atoms with Crippen molar-refractivity contribution in [3.63, 3.8) is 0 Å². The monoisotopic (exact) mass is 751 g/mol. The van der Waals surface area contributed by atoms with E-state index in [1.54, 1.807) is 33.2 Å². The lowest BCUT2D eigenvalue weighted by atomic mass is 9.81. The molecule has 5 aliphatic rings. The number of hydrogen-bond donors (Lipinski definition) is 1. The van der Waals surface area contributed by atoms with E-state index >= 15 is 0 Å². The summed E-state index contributed by atoms with van der Waals surface area (Å²) >= 11 is 0. The number of amides is 2. The molecule has 3 aliphatic heterocycles. The molecular weight excluding hydrogens is 703 g/mol. The summed E-state index contributed by atoms with van der Waals surface area (Å²) < 4.78 is 44.1. The van der Waals surface area contributed by atoms with Crippen LogP contribution in [0, 0.1) is 0 Å². The molecule has 2 unspecified atom stereocenters. The van der Waals surface area contributed by atoms with Crippen molar-refractivity contribution in [1.82, 2.24) is 24.0 Å². The molecule has 54 heavy (non-hydrogen) atoms. The molecular formula is C42H49N5O6S. The zero-order valence-corrected chi connectivity index (χ0v) is 32.2. The number of allylic oxidation sites excluding steroid dienone is 1. The van der Waals surface area contributed by atoms with Gasteiger partial charge in [-0.3, -0.25) is 14.3 Å². The topological polar surface area (TPSA) is 125 Å². The van der Waals surface area contributed by atoms with Crippen molar-refractivity contribution in [3.8, 4) is 17.0 Å². The molecule has 284 valence electrons. The molecule has 9 rings (SSSR count). The molecule has 1 N–H and O–H groups in total. The molecule has 2 aromatic heterocycles. The minimum atomic E-state index is -3.84. The molecule has 4 aromatic rings. The Balaban J connectivity index is 1.25. The second-order valence-electron chi connectivity index (χ2n) is 16.2. The average molecular weight is 752 g/mol. The van der Waals surface area contributed by atoms with Gasteiger partial charge in [-0.1, -0.05) is 25.3 Å². The molecule has 2 aromatic carbocycles. The van der Waals surface area contributed by atoms with Crippen LogP contribution in [0.3, 0.4) is 0 Å². The maximum Gasteiger partial charge on any atom is 0.264 e. The fourth-order valence-electron chi connectivity index (χ4n) is 9.33. The number of nitrogens with one attached hydrogen (secondary N) is 1. The number of aromatic nitrogens is 3. The molecule has 2 atom stereocenters. The third-order valence-corrected chi connectivity index (χ3v) is 14.2. The summed E-state index contributed by atoms with van der Waals surface area (Å²) in [6, 6.07) is 12.0. The summed E-state index contributed by atoms with van der Waals surface area (Å²) in [5.41, 5.74) is 7.95. The van der Waals surface area contributed by atoms with E-state index in [-0.39, 0.29) is 29.7 Å². The van der Waals surface area contributed by atoms with E-state index in [1.165, 1.54) is 12.0 Å². The van der Waals surface area contributed by atoms with E-state index in [0.29, 0.717) is 31.1 Å². The first-order chi connectivity index (χ1) is 26.1. The van der Waals surface area contributed by atoms with E-state index in [4.69, 9.17) is 14.6 Å². The number of fused-ring (bicyclic) bond motifs is 7. The Labute approximate surface area is 316 Å². The van der Waals surface area contributed by atoms with E-state index in [9.17, 15) is 18.0 Å². The van der Waals surface area contributed by atoms with Crippen LogP contribution >= 0.6 is 0 Å². The number of likely N-dealkylation sites (tertiary alicyclic amines) is 1. The highest BCUT2D eigenvalue weighted by Crippen LogP contribution is 2.48. The zero-order chi connectivity index (χ0) is 37.3. The number of rotatable bonds is 8. The first-order valence-corrected chi connectivity index (χ1v) is 21.3. The van der Waals surface area contributed by atoms with Gasteiger partial charge in [-0.05, 0) is 118 Å². The van der Waals surface area contributed by atoms with E-state index in [2.05, 4.69) is 32.2 Å². The smallest absolute Gasteiger partial charge is 0.264 e. The lowest BCUT2D eigenvalue weighted by molar-refractivity contribution is -0.0303. The SMILES string of the molecule is COc1ccc2c(c1)C=C(c1c(C(=O)N3CC4CCC(C3)O4)cnn1C1CCC1)Cn1c-2c(C2CCCCC2)c2ccc(C(=O)NS(=O)(=O)C(C)C)cc21. The number of carbonyl (C=O) groups excluding carboxylic acids is 2. The second kappa shape index (κ2) is 13.7. The second-order valence-corrected chi connectivity index (χ2v) is 18.4. The van der Waals surface area contributed by atoms with Crippen LogP contribution in [0.5, 0.6) is 5.75 Å². The third-order valence-electron chi connectivity index (χ3n) is 12.5. The molecule has 0 radical (unpaired) electrons. The number of hydrogen-bond acceptors (Lipinski definition) is 7. The number of methoxy groups -OCH3 is 1. The summed E-state index contributed by atoms with van der Waals surface area (Å²) in [7, 11) is -2.16. The van der Waals surface area contributed by atoms with E-state index in [1.807, 2.05) is 23.1 Å². The van der Waals surface area contributed by atoms with Gasteiger partial charge in [0.1, 0.15) is 5.75 Å². The maximum atomic E-state index is 14.6. The molecule has 2 saturated heterocycles. The Morgan fingerprint density at radius 2 is 1.69 bits per heavy atom. The first kappa shape index (κ1) is 35.3. The first-order valence-electron chi connectivity index (χ1n) is 19.7. The molecule has 2 amide bonds. The van der Waals surface area contributed by atoms with Crippen LogP contribution < -0.4 is 9.46 Å². The average Bonchev–Trinajstić information content (AvgIpc) is 3.79. The maximum absolute atomic E-state index is 14.6. The van der Waals surface area contributed by atoms with Gasteiger partial charge in [-0.2, -0.15) is 5.10 Å². The predicted molar refractivity (Wildman–Crippen MR) is 208 cm³/mol. The number of nitrogens with zero attached hydrogens (tertiary/aromatic N) is 4. The van der Waals surface area contributed by atoms with Crippen LogP contribution in [-0.4, -0.2) is 77.1 Å². The number of carbonyl (C=O) groups is 2. The standard InChI is InChI=1S/C42H49N5O6S/c1-25(2)54(50,51)44-41(48)27-12-16-35-37(20-27)46-22-29(18-28-19-31(52-3)15-17-34(28)40(46)38(35)26-8-5-4-6-9-26)39-36(21-43-47(39)30-10-7-11-30)42(49)45-23-32-13-14-33(24-45)53-32/h12,15-21,25-26,30,32-33H,4-11,13-14,22-24H2,1-3H3,(H,44,48). The Kier molecular flexibility index (Phi) is 8.96. The minimum absolute atomic E-state index is 0.0161. The number of benzene rings is 2. The van der Waals surface area contributed by atoms with Crippen molar-refractivity contribution in [3.05, 3.63) is 70.5 Å². The summed E-state index contributed by atoms with van der Waals surface area (Å²) in [5.74, 6) is 0.401. The lowest BCUT2D eigenvalue weighted by Crippen LogP contribution is -2.46. The lowest BCUT2D eigenvalue weighted by Gasteiger charge is -2.32. The zero-order valence-electron chi connectivity index (χ0n) is 31.3. The van der Waals surface area contributed by atoms with Crippen LogP contribution in [0.1, 0.15) is 128 Å². The summed E-state index contributed by atoms with van der Waals surface area (Å²) in [5, 5.41) is 5.25. The highest BCUT2D eigenvalue weighted by Gasteiger charge is 2.39. The summed E-state index contributed by atoms with van der Waals surface area (Å²) in [6.45, 7) is 4.70. The molecule has 4 fully saturated rings. The highest BCUT2D eigenvalue weighted by molar-refractivity contribution is 7.90. The summed E-state index contributed by atoms with van der Waals surface area (Å²) in [4.78, 5) is 30.1. The fourth-order valence-corrected chi connectivity index (χ4v) is 9.94. The van der Waals surface area contributed by atoms with Crippen molar-refractivity contribution in [2.24, 2.45) is 0 Å². The molecule has 5 heterocycles. The van der Waals surface area contributed by atoms with Crippen molar-refractivity contribution >= 4 is 44.4 Å². The van der Waals surface area contributed by atoms with Crippen LogP contribution in [-0.2, 0) is 21.3 Å². The highest BCUT2D eigenvalue weighted by atomic mass is 32.2. The number of sulfonamides is 1. The predicted octanol–water partition coefficient (Wildman–Crippen LogP) is 7.31. The van der Waals surface area contributed by atoms with Gasteiger partial charge >= 0.3 is 0 Å². The Morgan fingerprint density at radius 3 is 2.37 bits per heavy atom. The van der Waals surface area contributed by atoms with Gasteiger partial charge in [0, 0.05) is 35.1 Å². The molecule has 2 saturated carbocycles. The van der Waals surface area contributed by atoms with Crippen LogP contribution in [0.15, 0.2) is 42.6 Å². The Bertz CT molecular complexity index is 2280. The number of morpholine rings is 1. The van der Waals surface area contributed by atoms with Gasteiger partial charge in [0.25, 0.3) is 11.8 Å². The Morgan fingerprint density at radius 1 is 0.926 bits per heavy atom. The molecule has 2 bridgehead atoms. The van der Waals surface area contributed by atoms with Crippen molar-refractivity contribution in [2.45, 2.75) is 114 Å². The Hall–Kier alpha value is -4.42. The summed E-state index contributed by atoms with van der Waals surface area (Å²) in [6.07, 6.45) is 14.9. The quantitative estimate of drug-likeness (QED) is 0.200. The number of ether oxygens (including phenoxy) is 2. The van der Waals surface area contributed by atoms with Gasteiger partial charge in [-0.25, -0.2) is 13.1 Å². The van der Waals surface area contributed by atoms with Gasteiger partial charge < -0.3 is 18.9 Å². The molecule has 11 nitrogen and oxygen atoms in total. The van der Waals surface area contributed by atoms with Crippen molar-refractivity contribution in [2.75, 3.05) is 20.2 Å². The molecule has 12 heteroatoms. The minimum Gasteiger partial charge on any atom is -0.497 e. The van der Waals surface area contributed by atoms with Crippen molar-refractivity contribution in [1.29, 1.82) is 0 Å². The van der Waals surface area contributed by atoms with Crippen LogP contribution in [0.2, 0.25) is 0 Å². The van der Waals surface area contributed by atoms with Gasteiger partial charge in [-0.15, -0.1) is 0 Å². The molecule has 0 spiro atoms. The normalized spacial score (nSPS) is 21.7. The van der Waals surface area contributed by atoms with Gasteiger partial charge in [0.2, 0.25) is 10.0 Å². The van der Waals surface area contributed by atoms with Crippen LogP contribution in [0.4, 0.5) is 0 Å². The van der Waals surface area contributed by atoms with Crippen LogP contribution in [0.25, 0.3) is 33.8 Å². The van der Waals surface area contributed by atoms with E-state index < -0.39 is 21.2 Å².